The largest absolute Gasteiger partial charge is 0.497 e. The summed E-state index contributed by atoms with van der Waals surface area (Å²) in [6.07, 6.45) is 1.58. The number of carbonyl (C=O) groups is 1. The number of benzene rings is 3. The van der Waals surface area contributed by atoms with Crippen molar-refractivity contribution in [1.29, 1.82) is 0 Å². The topological polar surface area (TPSA) is 67.8 Å². The SMILES string of the molecule is COc1ccc(N2Cc3cnc(Cl)nc3N([C@@H](C)CO[Si](c3ccccc3)(c3ccccc3)C(C)(C)C)C2=O)c(F)c1. The predicted molar refractivity (Wildman–Crippen MR) is 167 cm³/mol. The number of hydrogen-bond acceptors (Lipinski definition) is 5. The van der Waals surface area contributed by atoms with E-state index in [9.17, 15) is 4.79 Å². The Labute approximate surface area is 252 Å². The molecule has 1 atom stereocenters. The summed E-state index contributed by atoms with van der Waals surface area (Å²) >= 11 is 6.20. The first kappa shape index (κ1) is 29.7. The molecular weight excluding hydrogens is 571 g/mol. The van der Waals surface area contributed by atoms with Crippen molar-refractivity contribution < 1.29 is 18.3 Å². The highest BCUT2D eigenvalue weighted by atomic mass is 35.5. The summed E-state index contributed by atoms with van der Waals surface area (Å²) in [6.45, 7) is 8.81. The number of rotatable bonds is 8. The second-order valence-electron chi connectivity index (χ2n) is 11.4. The predicted octanol–water partition coefficient (Wildman–Crippen LogP) is 6.19. The molecule has 3 aromatic carbocycles. The maximum absolute atomic E-state index is 15.2. The molecule has 0 saturated carbocycles. The van der Waals surface area contributed by atoms with E-state index in [4.69, 9.17) is 20.8 Å². The van der Waals surface area contributed by atoms with E-state index in [1.165, 1.54) is 29.0 Å². The summed E-state index contributed by atoms with van der Waals surface area (Å²) in [7, 11) is -1.42. The van der Waals surface area contributed by atoms with Crippen LogP contribution in [-0.4, -0.2) is 44.1 Å². The van der Waals surface area contributed by atoms with Crippen LogP contribution in [0.3, 0.4) is 0 Å². The first-order chi connectivity index (χ1) is 20.1. The van der Waals surface area contributed by atoms with Gasteiger partial charge < -0.3 is 9.16 Å². The smallest absolute Gasteiger partial charge is 0.330 e. The van der Waals surface area contributed by atoms with Gasteiger partial charge in [-0.05, 0) is 46.1 Å². The van der Waals surface area contributed by atoms with Crippen molar-refractivity contribution in [3.8, 4) is 5.75 Å². The molecule has 5 rings (SSSR count). The highest BCUT2D eigenvalue weighted by molar-refractivity contribution is 6.99. The van der Waals surface area contributed by atoms with E-state index >= 15 is 4.39 Å². The summed E-state index contributed by atoms with van der Waals surface area (Å²) in [5.41, 5.74) is 0.776. The quantitative estimate of drug-likeness (QED) is 0.177. The highest BCUT2D eigenvalue weighted by Gasteiger charge is 2.51. The average molecular weight is 605 g/mol. The van der Waals surface area contributed by atoms with Gasteiger partial charge in [0.1, 0.15) is 11.6 Å². The van der Waals surface area contributed by atoms with Crippen molar-refractivity contribution in [2.24, 2.45) is 0 Å². The minimum Gasteiger partial charge on any atom is -0.497 e. The summed E-state index contributed by atoms with van der Waals surface area (Å²) in [4.78, 5) is 25.6. The van der Waals surface area contributed by atoms with Crippen molar-refractivity contribution in [3.05, 3.63) is 102 Å². The number of anilines is 2. The maximum atomic E-state index is 15.2. The number of fused-ring (bicyclic) bond motifs is 1. The molecule has 7 nitrogen and oxygen atoms in total. The Morgan fingerprint density at radius 1 is 1.02 bits per heavy atom. The van der Waals surface area contributed by atoms with Crippen LogP contribution in [0.2, 0.25) is 10.3 Å². The van der Waals surface area contributed by atoms with E-state index < -0.39 is 26.2 Å². The van der Waals surface area contributed by atoms with Crippen molar-refractivity contribution in [2.45, 2.75) is 45.3 Å². The van der Waals surface area contributed by atoms with Crippen molar-refractivity contribution in [1.82, 2.24) is 9.97 Å². The first-order valence-corrected chi connectivity index (χ1v) is 16.1. The molecule has 0 radical (unpaired) electrons. The maximum Gasteiger partial charge on any atom is 0.330 e. The summed E-state index contributed by atoms with van der Waals surface area (Å²) in [5, 5.41) is 2.04. The molecule has 42 heavy (non-hydrogen) atoms. The second kappa shape index (κ2) is 11.8. The molecule has 218 valence electrons. The lowest BCUT2D eigenvalue weighted by Gasteiger charge is -2.45. The minimum atomic E-state index is -2.88. The molecule has 0 aliphatic carbocycles. The van der Waals surface area contributed by atoms with Gasteiger partial charge in [0.2, 0.25) is 5.28 Å². The van der Waals surface area contributed by atoms with Crippen LogP contribution in [-0.2, 0) is 11.0 Å². The molecule has 0 unspecified atom stereocenters. The third kappa shape index (κ3) is 5.39. The number of halogens is 2. The number of nitrogens with zero attached hydrogens (tertiary/aromatic N) is 4. The van der Waals surface area contributed by atoms with Crippen LogP contribution < -0.4 is 24.9 Å². The van der Waals surface area contributed by atoms with E-state index in [-0.39, 0.29) is 29.2 Å². The van der Waals surface area contributed by atoms with Gasteiger partial charge in [0.25, 0.3) is 8.32 Å². The van der Waals surface area contributed by atoms with Crippen molar-refractivity contribution in [3.63, 3.8) is 0 Å². The molecule has 10 heteroatoms. The second-order valence-corrected chi connectivity index (χ2v) is 16.0. The van der Waals surface area contributed by atoms with Crippen LogP contribution in [0.4, 0.5) is 20.7 Å². The van der Waals surface area contributed by atoms with Crippen LogP contribution in [0, 0.1) is 5.82 Å². The molecule has 0 N–H and O–H groups in total. The Balaban J connectivity index is 1.55. The third-order valence-electron chi connectivity index (χ3n) is 7.65. The van der Waals surface area contributed by atoms with Gasteiger partial charge in [0.05, 0.1) is 32.0 Å². The van der Waals surface area contributed by atoms with Gasteiger partial charge in [-0.3, -0.25) is 9.80 Å². The molecule has 1 aliphatic rings. The Kier molecular flexibility index (Phi) is 8.36. The number of carbonyl (C=O) groups excluding carboxylic acids is 1. The number of ether oxygens (including phenoxy) is 1. The van der Waals surface area contributed by atoms with E-state index in [2.05, 4.69) is 55.0 Å². The number of aromatic nitrogens is 2. The lowest BCUT2D eigenvalue weighted by Crippen LogP contribution is -2.67. The zero-order valence-corrected chi connectivity index (χ0v) is 26.1. The van der Waals surface area contributed by atoms with E-state index in [1.54, 1.807) is 12.3 Å². The fourth-order valence-corrected chi connectivity index (χ4v) is 10.4. The average Bonchev–Trinajstić information content (AvgIpc) is 2.97. The monoisotopic (exact) mass is 604 g/mol. The van der Waals surface area contributed by atoms with Gasteiger partial charge in [0.15, 0.2) is 5.82 Å². The zero-order chi connectivity index (χ0) is 30.1. The van der Waals surface area contributed by atoms with Crippen LogP contribution in [0.15, 0.2) is 85.1 Å². The third-order valence-corrected chi connectivity index (χ3v) is 12.8. The van der Waals surface area contributed by atoms with Gasteiger partial charge in [0, 0.05) is 17.8 Å². The molecule has 0 saturated heterocycles. The van der Waals surface area contributed by atoms with Gasteiger partial charge in [-0.15, -0.1) is 0 Å². The van der Waals surface area contributed by atoms with Crippen LogP contribution in [0.5, 0.6) is 5.75 Å². The molecule has 1 aliphatic heterocycles. The Bertz CT molecular complexity index is 1530. The van der Waals surface area contributed by atoms with E-state index in [0.717, 1.165) is 10.4 Å². The van der Waals surface area contributed by atoms with E-state index in [0.29, 0.717) is 17.1 Å². The molecular formula is C32H34ClFN4O3Si. The highest BCUT2D eigenvalue weighted by Crippen LogP contribution is 2.38. The molecule has 2 heterocycles. The molecule has 1 aromatic heterocycles. The molecule has 4 aromatic rings. The number of amides is 2. The zero-order valence-electron chi connectivity index (χ0n) is 24.3. The lowest BCUT2D eigenvalue weighted by molar-refractivity contribution is 0.236. The van der Waals surface area contributed by atoms with Gasteiger partial charge >= 0.3 is 6.03 Å². The van der Waals surface area contributed by atoms with Crippen LogP contribution in [0.1, 0.15) is 33.3 Å². The molecule has 0 fully saturated rings. The Hall–Kier alpha value is -3.79. The standard InChI is InChI=1S/C32H34ClFN4O3Si/c1-22(21-41-42(32(2,3)4,25-12-8-6-9-13-25)26-14-10-7-11-15-26)38-29-23(19-35-30(33)36-29)20-37(31(38)39)28-17-16-24(40-5)18-27(28)34/h6-19,22H,20-21H2,1-5H3/t22-/m0/s1. The summed E-state index contributed by atoms with van der Waals surface area (Å²) in [6, 6.07) is 24.1. The van der Waals surface area contributed by atoms with Crippen molar-refractivity contribution >= 4 is 47.8 Å². The lowest BCUT2D eigenvalue weighted by atomic mass is 10.1. The van der Waals surface area contributed by atoms with E-state index in [1.807, 2.05) is 43.3 Å². The number of urea groups is 1. The van der Waals surface area contributed by atoms with Crippen LogP contribution in [0.25, 0.3) is 0 Å². The minimum absolute atomic E-state index is 0.0238. The Morgan fingerprint density at radius 2 is 1.64 bits per heavy atom. The summed E-state index contributed by atoms with van der Waals surface area (Å²) < 4.78 is 27.5. The summed E-state index contributed by atoms with van der Waals surface area (Å²) in [5.74, 6) is 0.182. The van der Waals surface area contributed by atoms with Gasteiger partial charge in [-0.2, -0.15) is 4.98 Å². The van der Waals surface area contributed by atoms with Gasteiger partial charge in [-0.1, -0.05) is 81.4 Å². The molecule has 0 bridgehead atoms. The van der Waals surface area contributed by atoms with Crippen LogP contribution >= 0.6 is 11.6 Å². The molecule has 2 amide bonds. The normalized spacial score (nSPS) is 14.5. The Morgan fingerprint density at radius 3 is 2.19 bits per heavy atom. The molecule has 0 spiro atoms. The number of methoxy groups -OCH3 is 1. The van der Waals surface area contributed by atoms with Crippen molar-refractivity contribution in [2.75, 3.05) is 23.5 Å². The fourth-order valence-electron chi connectivity index (χ4n) is 5.66. The fraction of sp³-hybridized carbons (Fsp3) is 0.281. The first-order valence-electron chi connectivity index (χ1n) is 13.8. The number of hydrogen-bond donors (Lipinski definition) is 0. The van der Waals surface area contributed by atoms with Gasteiger partial charge in [-0.25, -0.2) is 14.2 Å².